The third-order valence-electron chi connectivity index (χ3n) is 0.412. The molecular formula is C5H8O2V. The van der Waals surface area contributed by atoms with Gasteiger partial charge in [0.2, 0.25) is 0 Å². The predicted molar refractivity (Wildman–Crippen MR) is 27.1 cm³/mol. The van der Waals surface area contributed by atoms with Crippen molar-refractivity contribution in [3.05, 3.63) is 11.8 Å². The standard InChI is InChI=1S/C5H8O2.V/c1-4(6)3-5(2)7;/h3,6H,1-2H3;/b4-3-;. The Morgan fingerprint density at radius 1 is 1.50 bits per heavy atom. The SMILES string of the molecule is CC(=O)/C=C(/C)O.[V]. The first-order valence-corrected chi connectivity index (χ1v) is 2.01. The van der Waals surface area contributed by atoms with E-state index >= 15 is 0 Å². The molecule has 0 saturated carbocycles. The summed E-state index contributed by atoms with van der Waals surface area (Å²) < 4.78 is 0. The smallest absolute Gasteiger partial charge is 0.155 e. The first kappa shape index (κ1) is 10.7. The molecule has 0 fully saturated rings. The van der Waals surface area contributed by atoms with Crippen LogP contribution in [0.5, 0.6) is 0 Å². The summed E-state index contributed by atoms with van der Waals surface area (Å²) in [5.74, 6) is -0.0625. The van der Waals surface area contributed by atoms with Crippen molar-refractivity contribution in [2.24, 2.45) is 0 Å². The van der Waals surface area contributed by atoms with E-state index < -0.39 is 0 Å². The van der Waals surface area contributed by atoms with Crippen molar-refractivity contribution < 1.29 is 28.5 Å². The summed E-state index contributed by atoms with van der Waals surface area (Å²) in [7, 11) is 0. The Bertz CT molecular complexity index is 103. The largest absolute Gasteiger partial charge is 0.512 e. The van der Waals surface area contributed by atoms with Crippen LogP contribution in [0.1, 0.15) is 13.8 Å². The third-order valence-corrected chi connectivity index (χ3v) is 0.412. The van der Waals surface area contributed by atoms with E-state index in [0.29, 0.717) is 0 Å². The number of carbonyl (C=O) groups is 1. The molecule has 0 atom stereocenters. The maximum absolute atomic E-state index is 10.0. The first-order chi connectivity index (χ1) is 3.13. The Balaban J connectivity index is 0. The van der Waals surface area contributed by atoms with E-state index in [1.807, 2.05) is 0 Å². The summed E-state index contributed by atoms with van der Waals surface area (Å²) in [4.78, 5) is 10.0. The quantitative estimate of drug-likeness (QED) is 0.449. The van der Waals surface area contributed by atoms with Crippen LogP contribution in [-0.2, 0) is 23.4 Å². The number of aliphatic hydroxyl groups is 1. The molecule has 0 bridgehead atoms. The molecule has 1 N–H and O–H groups in total. The van der Waals surface area contributed by atoms with Crippen LogP contribution in [0.4, 0.5) is 0 Å². The molecule has 0 aromatic carbocycles. The molecule has 3 heteroatoms. The second kappa shape index (κ2) is 4.94. The maximum Gasteiger partial charge on any atom is 0.155 e. The van der Waals surface area contributed by atoms with Crippen LogP contribution in [-0.4, -0.2) is 10.9 Å². The van der Waals surface area contributed by atoms with E-state index in [1.54, 1.807) is 0 Å². The monoisotopic (exact) mass is 151 g/mol. The number of ketones is 1. The van der Waals surface area contributed by atoms with E-state index in [0.717, 1.165) is 0 Å². The molecular weight excluding hydrogens is 143 g/mol. The molecule has 0 aliphatic rings. The summed E-state index contributed by atoms with van der Waals surface area (Å²) >= 11 is 0. The average molecular weight is 151 g/mol. The fraction of sp³-hybridized carbons (Fsp3) is 0.400. The molecule has 0 aliphatic carbocycles. The van der Waals surface area contributed by atoms with Gasteiger partial charge in [0.05, 0.1) is 5.76 Å². The molecule has 0 spiro atoms. The minimum Gasteiger partial charge on any atom is -0.512 e. The number of allylic oxidation sites excluding steroid dienone is 2. The summed E-state index contributed by atoms with van der Waals surface area (Å²) in [6, 6.07) is 0. The van der Waals surface area contributed by atoms with Gasteiger partial charge in [0.15, 0.2) is 5.78 Å². The number of hydrogen-bond donors (Lipinski definition) is 1. The van der Waals surface area contributed by atoms with Crippen LogP contribution in [0.25, 0.3) is 0 Å². The van der Waals surface area contributed by atoms with Crippen molar-refractivity contribution >= 4 is 5.78 Å². The zero-order valence-corrected chi connectivity index (χ0v) is 6.28. The summed E-state index contributed by atoms with van der Waals surface area (Å²) in [5.41, 5.74) is 0. The molecule has 2 nitrogen and oxygen atoms in total. The Morgan fingerprint density at radius 3 is 1.88 bits per heavy atom. The van der Waals surface area contributed by atoms with Gasteiger partial charge in [0, 0.05) is 24.6 Å². The van der Waals surface area contributed by atoms with Gasteiger partial charge in [0.25, 0.3) is 0 Å². The zero-order chi connectivity index (χ0) is 5.86. The normalized spacial score (nSPS) is 10.0. The van der Waals surface area contributed by atoms with Gasteiger partial charge in [-0.05, 0) is 13.8 Å². The average Bonchev–Trinajstić information content (AvgIpc) is 1.27. The van der Waals surface area contributed by atoms with Crippen LogP contribution in [0.3, 0.4) is 0 Å². The zero-order valence-electron chi connectivity index (χ0n) is 4.88. The van der Waals surface area contributed by atoms with E-state index in [4.69, 9.17) is 5.11 Å². The van der Waals surface area contributed by atoms with E-state index in [2.05, 4.69) is 0 Å². The molecule has 1 radical (unpaired) electrons. The van der Waals surface area contributed by atoms with Crippen molar-refractivity contribution in [2.75, 3.05) is 0 Å². The Kier molecular flexibility index (Phi) is 6.62. The fourth-order valence-corrected chi connectivity index (χ4v) is 0.294. The van der Waals surface area contributed by atoms with Gasteiger partial charge in [-0.25, -0.2) is 0 Å². The van der Waals surface area contributed by atoms with Crippen LogP contribution in [0.15, 0.2) is 11.8 Å². The van der Waals surface area contributed by atoms with Crippen molar-refractivity contribution in [3.63, 3.8) is 0 Å². The van der Waals surface area contributed by atoms with Gasteiger partial charge in [-0.3, -0.25) is 4.79 Å². The topological polar surface area (TPSA) is 37.3 Å². The molecule has 0 heterocycles. The number of rotatable bonds is 1. The minimum atomic E-state index is -0.125. The second-order valence-electron chi connectivity index (χ2n) is 1.40. The van der Waals surface area contributed by atoms with Gasteiger partial charge in [0.1, 0.15) is 0 Å². The third kappa shape index (κ3) is 9.25. The number of hydrogen-bond acceptors (Lipinski definition) is 2. The maximum atomic E-state index is 10.0. The van der Waals surface area contributed by atoms with Gasteiger partial charge >= 0.3 is 0 Å². The van der Waals surface area contributed by atoms with Gasteiger partial charge in [-0.15, -0.1) is 0 Å². The van der Waals surface area contributed by atoms with E-state index in [9.17, 15) is 4.79 Å². The van der Waals surface area contributed by atoms with Crippen molar-refractivity contribution in [1.82, 2.24) is 0 Å². The Morgan fingerprint density at radius 2 is 1.88 bits per heavy atom. The summed E-state index contributed by atoms with van der Waals surface area (Å²) in [6.07, 6.45) is 1.17. The second-order valence-corrected chi connectivity index (χ2v) is 1.40. The minimum absolute atomic E-state index is 0. The molecule has 45 valence electrons. The molecule has 0 amide bonds. The van der Waals surface area contributed by atoms with Gasteiger partial charge in [-0.2, -0.15) is 0 Å². The van der Waals surface area contributed by atoms with E-state index in [-0.39, 0.29) is 30.1 Å². The summed E-state index contributed by atoms with van der Waals surface area (Å²) in [6.45, 7) is 2.85. The molecule has 0 rings (SSSR count). The fourth-order valence-electron chi connectivity index (χ4n) is 0.294. The molecule has 0 unspecified atom stereocenters. The van der Waals surface area contributed by atoms with Gasteiger partial charge in [-0.1, -0.05) is 0 Å². The van der Waals surface area contributed by atoms with Crippen LogP contribution in [0, 0.1) is 0 Å². The molecule has 8 heavy (non-hydrogen) atoms. The van der Waals surface area contributed by atoms with Crippen molar-refractivity contribution in [2.45, 2.75) is 13.8 Å². The van der Waals surface area contributed by atoms with Gasteiger partial charge < -0.3 is 5.11 Å². The van der Waals surface area contributed by atoms with E-state index in [1.165, 1.54) is 19.9 Å². The molecule has 0 aromatic heterocycles. The molecule has 0 aliphatic heterocycles. The predicted octanol–water partition coefficient (Wildman–Crippen LogP) is 1.03. The molecule has 0 saturated heterocycles. The number of carbonyl (C=O) groups excluding carboxylic acids is 1. The van der Waals surface area contributed by atoms with Crippen molar-refractivity contribution in [3.8, 4) is 0 Å². The van der Waals surface area contributed by atoms with Crippen LogP contribution < -0.4 is 0 Å². The Labute approximate surface area is 60.5 Å². The summed E-state index contributed by atoms with van der Waals surface area (Å²) in [5, 5.41) is 8.36. The van der Waals surface area contributed by atoms with Crippen LogP contribution in [0.2, 0.25) is 0 Å². The Hall–Kier alpha value is -0.206. The van der Waals surface area contributed by atoms with Crippen molar-refractivity contribution in [1.29, 1.82) is 0 Å². The van der Waals surface area contributed by atoms with Crippen LogP contribution >= 0.6 is 0 Å². The number of aliphatic hydroxyl groups excluding tert-OH is 1. The first-order valence-electron chi connectivity index (χ1n) is 2.01. The molecule has 0 aromatic rings.